The molecule has 8 nitrogen and oxygen atoms in total. The van der Waals surface area contributed by atoms with Crippen LogP contribution in [0.1, 0.15) is 21.5 Å². The number of ether oxygens (including phenoxy) is 1. The lowest BCUT2D eigenvalue weighted by molar-refractivity contribution is -0.385. The number of aromatic nitrogens is 1. The highest BCUT2D eigenvalue weighted by molar-refractivity contribution is 6.33. The Balaban J connectivity index is 1.57. The molecule has 1 aromatic heterocycles. The van der Waals surface area contributed by atoms with Crippen molar-refractivity contribution in [3.63, 3.8) is 0 Å². The van der Waals surface area contributed by atoms with Gasteiger partial charge < -0.3 is 15.0 Å². The van der Waals surface area contributed by atoms with Crippen molar-refractivity contribution in [1.29, 1.82) is 0 Å². The first kappa shape index (κ1) is 23.0. The van der Waals surface area contributed by atoms with E-state index in [1.54, 1.807) is 36.5 Å². The maximum absolute atomic E-state index is 13.1. The van der Waals surface area contributed by atoms with Crippen LogP contribution in [0.15, 0.2) is 79.0 Å². The van der Waals surface area contributed by atoms with E-state index in [1.807, 2.05) is 24.3 Å². The van der Waals surface area contributed by atoms with Crippen LogP contribution in [0, 0.1) is 10.1 Å². The van der Waals surface area contributed by atoms with Crippen molar-refractivity contribution in [2.24, 2.45) is 0 Å². The molecule has 1 unspecified atom stereocenters. The van der Waals surface area contributed by atoms with Crippen LogP contribution < -0.4 is 5.32 Å². The van der Waals surface area contributed by atoms with Gasteiger partial charge in [0.25, 0.3) is 11.6 Å². The number of nitro groups is 1. The molecule has 0 spiro atoms. The summed E-state index contributed by atoms with van der Waals surface area (Å²) in [7, 11) is 0. The molecular formula is C25H20ClN3O5. The smallest absolute Gasteiger partial charge is 0.329 e. The summed E-state index contributed by atoms with van der Waals surface area (Å²) in [5, 5.41) is 15.1. The highest BCUT2D eigenvalue weighted by Gasteiger charge is 2.26. The minimum Gasteiger partial charge on any atom is -0.459 e. The second-order valence-corrected chi connectivity index (χ2v) is 7.97. The van der Waals surface area contributed by atoms with E-state index < -0.39 is 22.8 Å². The molecule has 0 bridgehead atoms. The van der Waals surface area contributed by atoms with Crippen LogP contribution in [0.4, 0.5) is 5.69 Å². The van der Waals surface area contributed by atoms with E-state index in [0.717, 1.165) is 16.5 Å². The number of hydrogen-bond acceptors (Lipinski definition) is 5. The second kappa shape index (κ2) is 10.2. The molecule has 1 atom stereocenters. The van der Waals surface area contributed by atoms with Crippen LogP contribution in [0.2, 0.25) is 5.02 Å². The first-order valence-electron chi connectivity index (χ1n) is 10.4. The summed E-state index contributed by atoms with van der Waals surface area (Å²) in [5.41, 5.74) is 2.02. The number of nitrogens with one attached hydrogen (secondary N) is 2. The molecule has 34 heavy (non-hydrogen) atoms. The summed E-state index contributed by atoms with van der Waals surface area (Å²) in [6.45, 7) is -0.303. The fourth-order valence-corrected chi connectivity index (χ4v) is 3.88. The molecule has 3 aromatic carbocycles. The standard InChI is InChI=1S/C25H20ClN3O5/c26-20-10-4-2-9-19(20)24(30)28-22(13-17-14-27-21-11-5-3-8-18(17)21)25(31)34-15-16-7-1-6-12-23(16)29(32)33/h1-12,14,22,27H,13,15H2,(H,28,30). The lowest BCUT2D eigenvalue weighted by Gasteiger charge is -2.18. The van der Waals surface area contributed by atoms with Crippen LogP contribution in [0.5, 0.6) is 0 Å². The summed E-state index contributed by atoms with van der Waals surface area (Å²) < 4.78 is 5.41. The van der Waals surface area contributed by atoms with Gasteiger partial charge >= 0.3 is 5.97 Å². The molecule has 0 saturated carbocycles. The molecule has 0 saturated heterocycles. The highest BCUT2D eigenvalue weighted by atomic mass is 35.5. The number of H-pyrrole nitrogens is 1. The number of carbonyl (C=O) groups excluding carboxylic acids is 2. The highest BCUT2D eigenvalue weighted by Crippen LogP contribution is 2.22. The number of rotatable bonds is 8. The molecule has 9 heteroatoms. The Labute approximate surface area is 199 Å². The van der Waals surface area contributed by atoms with Gasteiger partial charge in [0.2, 0.25) is 0 Å². The fraction of sp³-hybridized carbons (Fsp3) is 0.120. The number of fused-ring (bicyclic) bond motifs is 1. The number of halogens is 1. The second-order valence-electron chi connectivity index (χ2n) is 7.56. The molecule has 172 valence electrons. The van der Waals surface area contributed by atoms with E-state index >= 15 is 0 Å². The first-order valence-corrected chi connectivity index (χ1v) is 10.8. The van der Waals surface area contributed by atoms with Crippen molar-refractivity contribution in [2.75, 3.05) is 0 Å². The number of amides is 1. The molecule has 0 aliphatic carbocycles. The molecule has 0 radical (unpaired) electrons. The van der Waals surface area contributed by atoms with Crippen molar-refractivity contribution in [2.45, 2.75) is 19.1 Å². The Kier molecular flexibility index (Phi) is 6.89. The monoisotopic (exact) mass is 477 g/mol. The van der Waals surface area contributed by atoms with Crippen molar-refractivity contribution < 1.29 is 19.2 Å². The molecule has 4 rings (SSSR count). The van der Waals surface area contributed by atoms with E-state index in [1.165, 1.54) is 18.2 Å². The zero-order chi connectivity index (χ0) is 24.1. The van der Waals surface area contributed by atoms with E-state index in [-0.39, 0.29) is 34.9 Å². The topological polar surface area (TPSA) is 114 Å². The molecule has 0 fully saturated rings. The lowest BCUT2D eigenvalue weighted by Crippen LogP contribution is -2.43. The van der Waals surface area contributed by atoms with Crippen molar-refractivity contribution in [3.8, 4) is 0 Å². The SMILES string of the molecule is O=C(NC(Cc1c[nH]c2ccccc12)C(=O)OCc1ccccc1[N+](=O)[O-])c1ccccc1Cl. The normalized spacial score (nSPS) is 11.7. The quantitative estimate of drug-likeness (QED) is 0.214. The third-order valence-corrected chi connectivity index (χ3v) is 5.70. The summed E-state index contributed by atoms with van der Waals surface area (Å²) in [5.74, 6) is -1.25. The fourth-order valence-electron chi connectivity index (χ4n) is 3.66. The van der Waals surface area contributed by atoms with Crippen molar-refractivity contribution in [3.05, 3.63) is 111 Å². The Bertz CT molecular complexity index is 1370. The average Bonchev–Trinajstić information content (AvgIpc) is 3.25. The summed E-state index contributed by atoms with van der Waals surface area (Å²) in [4.78, 5) is 39.8. The third kappa shape index (κ3) is 5.07. The largest absolute Gasteiger partial charge is 0.459 e. The number of esters is 1. The van der Waals surface area contributed by atoms with Gasteiger partial charge in [-0.3, -0.25) is 14.9 Å². The predicted octanol–water partition coefficient (Wildman–Crippen LogP) is 4.81. The number of hydrogen-bond donors (Lipinski definition) is 2. The predicted molar refractivity (Wildman–Crippen MR) is 128 cm³/mol. The molecule has 2 N–H and O–H groups in total. The van der Waals surface area contributed by atoms with Gasteiger partial charge in [-0.15, -0.1) is 0 Å². The number of para-hydroxylation sites is 2. The van der Waals surface area contributed by atoms with Gasteiger partial charge in [0.05, 0.1) is 21.1 Å². The Hall–Kier alpha value is -4.17. The van der Waals surface area contributed by atoms with E-state index in [0.29, 0.717) is 0 Å². The van der Waals surface area contributed by atoms with Gasteiger partial charge in [-0.2, -0.15) is 0 Å². The third-order valence-electron chi connectivity index (χ3n) is 5.37. The van der Waals surface area contributed by atoms with Gasteiger partial charge in [-0.25, -0.2) is 4.79 Å². The number of carbonyl (C=O) groups is 2. The van der Waals surface area contributed by atoms with Gasteiger partial charge in [0, 0.05) is 29.6 Å². The van der Waals surface area contributed by atoms with Crippen LogP contribution in [-0.4, -0.2) is 27.8 Å². The molecule has 1 heterocycles. The first-order chi connectivity index (χ1) is 16.4. The number of nitro benzene ring substituents is 1. The van der Waals surface area contributed by atoms with Gasteiger partial charge in [-0.1, -0.05) is 54.1 Å². The molecule has 4 aromatic rings. The minimum atomic E-state index is -1.05. The zero-order valence-electron chi connectivity index (χ0n) is 17.9. The number of benzene rings is 3. The Morgan fingerprint density at radius 1 is 1.00 bits per heavy atom. The van der Waals surface area contributed by atoms with Gasteiger partial charge in [0.15, 0.2) is 0 Å². The van der Waals surface area contributed by atoms with Gasteiger partial charge in [-0.05, 0) is 29.8 Å². The number of nitrogens with zero attached hydrogens (tertiary/aromatic N) is 1. The molecule has 0 aliphatic heterocycles. The van der Waals surface area contributed by atoms with Crippen molar-refractivity contribution in [1.82, 2.24) is 10.3 Å². The maximum atomic E-state index is 13.1. The Morgan fingerprint density at radius 3 is 2.50 bits per heavy atom. The summed E-state index contributed by atoms with van der Waals surface area (Å²) in [6, 6.07) is 19.0. The van der Waals surface area contributed by atoms with Crippen molar-refractivity contribution >= 4 is 40.1 Å². The van der Waals surface area contributed by atoms with E-state index in [9.17, 15) is 19.7 Å². The average molecular weight is 478 g/mol. The zero-order valence-corrected chi connectivity index (χ0v) is 18.6. The maximum Gasteiger partial charge on any atom is 0.329 e. The van der Waals surface area contributed by atoms with Crippen LogP contribution >= 0.6 is 11.6 Å². The van der Waals surface area contributed by atoms with Crippen LogP contribution in [-0.2, 0) is 22.6 Å². The summed E-state index contributed by atoms with van der Waals surface area (Å²) >= 11 is 6.15. The van der Waals surface area contributed by atoms with E-state index in [4.69, 9.17) is 16.3 Å². The number of aromatic amines is 1. The molecular weight excluding hydrogens is 458 g/mol. The Morgan fingerprint density at radius 2 is 1.71 bits per heavy atom. The summed E-state index contributed by atoms with van der Waals surface area (Å²) in [6.07, 6.45) is 1.92. The molecule has 1 amide bonds. The van der Waals surface area contributed by atoms with E-state index in [2.05, 4.69) is 10.3 Å². The minimum absolute atomic E-state index is 0.149. The van der Waals surface area contributed by atoms with Crippen LogP contribution in [0.3, 0.4) is 0 Å². The molecule has 0 aliphatic rings. The van der Waals surface area contributed by atoms with Crippen LogP contribution in [0.25, 0.3) is 10.9 Å². The lowest BCUT2D eigenvalue weighted by atomic mass is 10.0. The van der Waals surface area contributed by atoms with Gasteiger partial charge in [0.1, 0.15) is 12.6 Å².